The number of amides is 2. The summed E-state index contributed by atoms with van der Waals surface area (Å²) >= 11 is 0. The molecule has 0 atom stereocenters. The van der Waals surface area contributed by atoms with Crippen LogP contribution in [0, 0.1) is 0 Å². The molecule has 21 heavy (non-hydrogen) atoms. The van der Waals surface area contributed by atoms with Gasteiger partial charge in [-0.3, -0.25) is 14.5 Å². The zero-order valence-electron chi connectivity index (χ0n) is 11.9. The molecule has 3 rings (SSSR count). The van der Waals surface area contributed by atoms with Gasteiger partial charge in [-0.2, -0.15) is 0 Å². The number of carbonyl (C=O) groups excluding carboxylic acids is 2. The van der Waals surface area contributed by atoms with Gasteiger partial charge in [-0.05, 0) is 18.6 Å². The molecule has 1 aromatic carbocycles. The van der Waals surface area contributed by atoms with E-state index in [1.54, 1.807) is 24.3 Å². The van der Waals surface area contributed by atoms with Crippen LogP contribution in [0.15, 0.2) is 30.5 Å². The van der Waals surface area contributed by atoms with Crippen LogP contribution in [0.25, 0.3) is 0 Å². The third-order valence-electron chi connectivity index (χ3n) is 3.64. The molecule has 2 aromatic rings. The highest BCUT2D eigenvalue weighted by molar-refractivity contribution is 6.21. The predicted octanol–water partition coefficient (Wildman–Crippen LogP) is 2.20. The van der Waals surface area contributed by atoms with Crippen molar-refractivity contribution in [3.8, 4) is 0 Å². The molecule has 1 aliphatic heterocycles. The zero-order valence-corrected chi connectivity index (χ0v) is 11.9. The van der Waals surface area contributed by atoms with E-state index in [0.29, 0.717) is 24.1 Å². The van der Waals surface area contributed by atoms with Crippen LogP contribution in [0.5, 0.6) is 0 Å². The first-order valence-corrected chi connectivity index (χ1v) is 7.19. The van der Waals surface area contributed by atoms with Crippen molar-refractivity contribution in [1.29, 1.82) is 0 Å². The maximum Gasteiger partial charge on any atom is 0.261 e. The minimum atomic E-state index is -0.208. The quantitative estimate of drug-likeness (QED) is 0.855. The average Bonchev–Trinajstić information content (AvgIpc) is 3.03. The fraction of sp³-hybridized carbons (Fsp3) is 0.312. The maximum atomic E-state index is 12.2. The number of carbonyl (C=O) groups is 2. The van der Waals surface area contributed by atoms with E-state index in [0.717, 1.165) is 24.4 Å². The monoisotopic (exact) mass is 283 g/mol. The molecule has 2 amide bonds. The van der Waals surface area contributed by atoms with Crippen LogP contribution in [0.3, 0.4) is 0 Å². The summed E-state index contributed by atoms with van der Waals surface area (Å²) in [6.07, 6.45) is 4.37. The summed E-state index contributed by atoms with van der Waals surface area (Å²) in [7, 11) is 0. The Morgan fingerprint density at radius 1 is 1.10 bits per heavy atom. The number of fused-ring (bicyclic) bond motifs is 1. The number of hydrogen-bond donors (Lipinski definition) is 1. The van der Waals surface area contributed by atoms with Crippen molar-refractivity contribution in [3.05, 3.63) is 53.1 Å². The summed E-state index contributed by atoms with van der Waals surface area (Å²) in [6.45, 7) is 2.46. The molecular formula is C16H17N3O2. The number of H-pyrrole nitrogens is 1. The van der Waals surface area contributed by atoms with Gasteiger partial charge >= 0.3 is 0 Å². The van der Waals surface area contributed by atoms with E-state index in [1.807, 2.05) is 6.20 Å². The van der Waals surface area contributed by atoms with E-state index in [4.69, 9.17) is 0 Å². The van der Waals surface area contributed by atoms with Crippen LogP contribution in [0.1, 0.15) is 45.6 Å². The van der Waals surface area contributed by atoms with Crippen LogP contribution >= 0.6 is 0 Å². The lowest BCUT2D eigenvalue weighted by atomic mass is 10.1. The van der Waals surface area contributed by atoms with E-state index in [-0.39, 0.29) is 11.8 Å². The number of imidazole rings is 1. The predicted molar refractivity (Wildman–Crippen MR) is 78.1 cm³/mol. The Bertz CT molecular complexity index is 655. The van der Waals surface area contributed by atoms with Crippen LogP contribution in [0.2, 0.25) is 0 Å². The molecule has 5 heteroatoms. The lowest BCUT2D eigenvalue weighted by molar-refractivity contribution is 0.0656. The second-order valence-corrected chi connectivity index (χ2v) is 5.15. The first-order valence-electron chi connectivity index (χ1n) is 7.19. The Labute approximate surface area is 123 Å². The average molecular weight is 283 g/mol. The minimum Gasteiger partial charge on any atom is -0.348 e. The first kappa shape index (κ1) is 13.5. The molecule has 2 heterocycles. The first-order chi connectivity index (χ1) is 10.2. The second-order valence-electron chi connectivity index (χ2n) is 5.15. The Balaban J connectivity index is 1.69. The number of hydrogen-bond acceptors (Lipinski definition) is 3. The van der Waals surface area contributed by atoms with Crippen molar-refractivity contribution >= 4 is 11.8 Å². The molecule has 0 spiro atoms. The lowest BCUT2D eigenvalue weighted by Crippen LogP contribution is -2.31. The third-order valence-corrected chi connectivity index (χ3v) is 3.64. The molecule has 0 saturated carbocycles. The van der Waals surface area contributed by atoms with Gasteiger partial charge in [0.15, 0.2) is 0 Å². The molecule has 0 bridgehead atoms. The molecule has 1 N–H and O–H groups in total. The second kappa shape index (κ2) is 5.52. The summed E-state index contributed by atoms with van der Waals surface area (Å²) in [5, 5.41) is 0. The SMILES string of the molecule is CCCc1nc(CCN2C(=O)c3ccccc3C2=O)c[nH]1. The van der Waals surface area contributed by atoms with Gasteiger partial charge in [0.2, 0.25) is 0 Å². The number of aromatic nitrogens is 2. The maximum absolute atomic E-state index is 12.2. The van der Waals surface area contributed by atoms with Crippen LogP contribution in [0.4, 0.5) is 0 Å². The van der Waals surface area contributed by atoms with Crippen LogP contribution in [-0.2, 0) is 12.8 Å². The van der Waals surface area contributed by atoms with Gasteiger partial charge in [0.25, 0.3) is 11.8 Å². The molecule has 0 unspecified atom stereocenters. The van der Waals surface area contributed by atoms with E-state index in [2.05, 4.69) is 16.9 Å². The summed E-state index contributed by atoms with van der Waals surface area (Å²) in [5.41, 5.74) is 1.88. The van der Waals surface area contributed by atoms with Crippen LogP contribution in [-0.4, -0.2) is 33.2 Å². The highest BCUT2D eigenvalue weighted by Gasteiger charge is 2.34. The lowest BCUT2D eigenvalue weighted by Gasteiger charge is -2.12. The Hall–Kier alpha value is -2.43. The summed E-state index contributed by atoms with van der Waals surface area (Å²) < 4.78 is 0. The third kappa shape index (κ3) is 2.46. The number of nitrogens with one attached hydrogen (secondary N) is 1. The molecule has 108 valence electrons. The number of benzene rings is 1. The molecule has 0 aliphatic carbocycles. The van der Waals surface area contributed by atoms with Gasteiger partial charge in [-0.1, -0.05) is 19.1 Å². The molecule has 1 aliphatic rings. The Morgan fingerprint density at radius 3 is 2.38 bits per heavy atom. The van der Waals surface area contributed by atoms with Gasteiger partial charge in [0.05, 0.1) is 16.8 Å². The van der Waals surface area contributed by atoms with E-state index < -0.39 is 0 Å². The number of aromatic amines is 1. The van der Waals surface area contributed by atoms with Crippen molar-refractivity contribution in [2.45, 2.75) is 26.2 Å². The highest BCUT2D eigenvalue weighted by Crippen LogP contribution is 2.22. The van der Waals surface area contributed by atoms with E-state index in [9.17, 15) is 9.59 Å². The fourth-order valence-electron chi connectivity index (χ4n) is 2.57. The minimum absolute atomic E-state index is 0.208. The smallest absolute Gasteiger partial charge is 0.261 e. The van der Waals surface area contributed by atoms with Crippen molar-refractivity contribution in [1.82, 2.24) is 14.9 Å². The van der Waals surface area contributed by atoms with E-state index in [1.165, 1.54) is 4.90 Å². The molecule has 0 fully saturated rings. The fourth-order valence-corrected chi connectivity index (χ4v) is 2.57. The molecule has 1 aromatic heterocycles. The van der Waals surface area contributed by atoms with Gasteiger partial charge in [-0.15, -0.1) is 0 Å². The van der Waals surface area contributed by atoms with Gasteiger partial charge in [0, 0.05) is 25.6 Å². The standard InChI is InChI=1S/C16H17N3O2/c1-2-5-14-17-10-11(18-14)8-9-19-15(20)12-6-3-4-7-13(12)16(19)21/h3-4,6-7,10H,2,5,8-9H2,1H3,(H,17,18). The Kier molecular flexibility index (Phi) is 3.56. The number of imide groups is 1. The summed E-state index contributed by atoms with van der Waals surface area (Å²) in [4.78, 5) is 33.3. The highest BCUT2D eigenvalue weighted by atomic mass is 16.2. The normalized spacial score (nSPS) is 13.9. The summed E-state index contributed by atoms with van der Waals surface area (Å²) in [6, 6.07) is 6.95. The van der Waals surface area contributed by atoms with Crippen LogP contribution < -0.4 is 0 Å². The molecule has 5 nitrogen and oxygen atoms in total. The van der Waals surface area contributed by atoms with Gasteiger partial charge in [-0.25, -0.2) is 4.98 Å². The topological polar surface area (TPSA) is 66.1 Å². The molecular weight excluding hydrogens is 266 g/mol. The van der Waals surface area contributed by atoms with Gasteiger partial charge in [0.1, 0.15) is 5.82 Å². The largest absolute Gasteiger partial charge is 0.348 e. The summed E-state index contributed by atoms with van der Waals surface area (Å²) in [5.74, 6) is 0.537. The number of rotatable bonds is 5. The van der Waals surface area contributed by atoms with Crippen molar-refractivity contribution in [3.63, 3.8) is 0 Å². The van der Waals surface area contributed by atoms with E-state index >= 15 is 0 Å². The molecule has 0 saturated heterocycles. The number of aryl methyl sites for hydroxylation is 1. The number of nitrogens with zero attached hydrogens (tertiary/aromatic N) is 2. The van der Waals surface area contributed by atoms with Crippen molar-refractivity contribution < 1.29 is 9.59 Å². The van der Waals surface area contributed by atoms with Gasteiger partial charge < -0.3 is 4.98 Å². The Morgan fingerprint density at radius 2 is 1.76 bits per heavy atom. The van der Waals surface area contributed by atoms with Crippen molar-refractivity contribution in [2.24, 2.45) is 0 Å². The van der Waals surface area contributed by atoms with Crippen molar-refractivity contribution in [2.75, 3.05) is 6.54 Å². The zero-order chi connectivity index (χ0) is 14.8. The molecule has 0 radical (unpaired) electrons.